The predicted molar refractivity (Wildman–Crippen MR) is 81.5 cm³/mol. The second-order valence-electron chi connectivity index (χ2n) is 5.40. The Morgan fingerprint density at radius 2 is 2.04 bits per heavy atom. The molecule has 3 rings (SSSR count). The van der Waals surface area contributed by atoms with Gasteiger partial charge in [-0.3, -0.25) is 14.1 Å². The summed E-state index contributed by atoms with van der Waals surface area (Å²) in [6.45, 7) is 1.71. The Bertz CT molecular complexity index is 980. The molecule has 2 aromatic rings. The highest BCUT2D eigenvalue weighted by molar-refractivity contribution is 7.92. The monoisotopic (exact) mass is 339 g/mol. The van der Waals surface area contributed by atoms with E-state index in [2.05, 4.69) is 4.98 Å². The van der Waals surface area contributed by atoms with Gasteiger partial charge in [-0.15, -0.1) is 0 Å². The molecule has 0 saturated carbocycles. The van der Waals surface area contributed by atoms with Crippen molar-refractivity contribution in [1.82, 2.24) is 9.97 Å². The Balaban J connectivity index is 2.20. The molecule has 122 valence electrons. The summed E-state index contributed by atoms with van der Waals surface area (Å²) in [5, 5.41) is 0. The van der Waals surface area contributed by atoms with Gasteiger partial charge in [0.15, 0.2) is 4.90 Å². The van der Waals surface area contributed by atoms with Gasteiger partial charge in [0.05, 0.1) is 5.69 Å². The number of H-pyrrole nitrogens is 2. The second-order valence-corrected chi connectivity index (χ2v) is 7.18. The molecule has 0 unspecified atom stereocenters. The number of rotatable bonds is 2. The lowest BCUT2D eigenvalue weighted by Gasteiger charge is -2.35. The number of nitrogens with zero attached hydrogens (tertiary/aromatic N) is 1. The number of hydrogen-bond donors (Lipinski definition) is 2. The number of nitrogens with one attached hydrogen (secondary N) is 2. The van der Waals surface area contributed by atoms with Crippen molar-refractivity contribution in [3.63, 3.8) is 0 Å². The molecule has 0 saturated heterocycles. The number of benzene rings is 1. The third kappa shape index (κ3) is 2.56. The van der Waals surface area contributed by atoms with Gasteiger partial charge in [0.2, 0.25) is 0 Å². The van der Waals surface area contributed by atoms with Gasteiger partial charge in [-0.1, -0.05) is 0 Å². The van der Waals surface area contributed by atoms with E-state index in [4.69, 9.17) is 0 Å². The fourth-order valence-corrected chi connectivity index (χ4v) is 4.47. The Hall–Kier alpha value is -2.42. The maximum atomic E-state index is 13.4. The highest BCUT2D eigenvalue weighted by atomic mass is 32.2. The van der Waals surface area contributed by atoms with Crippen molar-refractivity contribution in [2.24, 2.45) is 0 Å². The van der Waals surface area contributed by atoms with E-state index >= 15 is 0 Å². The minimum atomic E-state index is -4.19. The molecule has 2 heterocycles. The summed E-state index contributed by atoms with van der Waals surface area (Å²) in [5.41, 5.74) is -0.874. The number of aromatic nitrogens is 2. The molecule has 1 aromatic carbocycles. The van der Waals surface area contributed by atoms with Gasteiger partial charge in [-0.2, -0.15) is 0 Å². The summed E-state index contributed by atoms with van der Waals surface area (Å²) in [6, 6.07) is 3.46. The summed E-state index contributed by atoms with van der Waals surface area (Å²) in [6.07, 6.45) is 1.92. The zero-order valence-corrected chi connectivity index (χ0v) is 13.0. The molecular weight excluding hydrogens is 325 g/mol. The number of fused-ring (bicyclic) bond motifs is 1. The van der Waals surface area contributed by atoms with Crippen molar-refractivity contribution in [3.05, 3.63) is 56.6 Å². The van der Waals surface area contributed by atoms with Gasteiger partial charge in [0.1, 0.15) is 5.82 Å². The van der Waals surface area contributed by atoms with Crippen LogP contribution in [0.4, 0.5) is 10.1 Å². The van der Waals surface area contributed by atoms with Crippen LogP contribution in [-0.2, 0) is 16.4 Å². The lowest BCUT2D eigenvalue weighted by Crippen LogP contribution is -2.44. The highest BCUT2D eigenvalue weighted by Gasteiger charge is 2.35. The smallest absolute Gasteiger partial charge is 0.313 e. The largest absolute Gasteiger partial charge is 0.325 e. The number of aromatic amines is 2. The van der Waals surface area contributed by atoms with Crippen molar-refractivity contribution >= 4 is 15.7 Å². The van der Waals surface area contributed by atoms with Gasteiger partial charge in [0, 0.05) is 12.2 Å². The third-order valence-electron chi connectivity index (χ3n) is 3.83. The molecule has 0 bridgehead atoms. The van der Waals surface area contributed by atoms with Crippen molar-refractivity contribution in [3.8, 4) is 0 Å². The summed E-state index contributed by atoms with van der Waals surface area (Å²) in [4.78, 5) is 26.4. The van der Waals surface area contributed by atoms with Crippen LogP contribution in [0.2, 0.25) is 0 Å². The van der Waals surface area contributed by atoms with E-state index in [0.29, 0.717) is 24.1 Å². The first-order valence-corrected chi connectivity index (χ1v) is 8.39. The molecule has 9 heteroatoms. The number of hydrogen-bond acceptors (Lipinski definition) is 4. The Morgan fingerprint density at radius 1 is 1.30 bits per heavy atom. The molecule has 0 amide bonds. The summed E-state index contributed by atoms with van der Waals surface area (Å²) < 4.78 is 40.2. The Morgan fingerprint density at radius 3 is 2.74 bits per heavy atom. The number of halogens is 1. The van der Waals surface area contributed by atoms with Crippen molar-refractivity contribution in [1.29, 1.82) is 0 Å². The van der Waals surface area contributed by atoms with E-state index in [1.807, 2.05) is 4.98 Å². The molecule has 0 spiro atoms. The molecule has 1 aromatic heterocycles. The zero-order valence-electron chi connectivity index (χ0n) is 12.2. The highest BCUT2D eigenvalue weighted by Crippen LogP contribution is 2.34. The summed E-state index contributed by atoms with van der Waals surface area (Å²) in [7, 11) is -4.19. The van der Waals surface area contributed by atoms with Crippen molar-refractivity contribution < 1.29 is 12.8 Å². The van der Waals surface area contributed by atoms with Gasteiger partial charge >= 0.3 is 5.69 Å². The normalized spacial score (nSPS) is 17.8. The number of sulfonamides is 1. The maximum absolute atomic E-state index is 13.4. The van der Waals surface area contributed by atoms with E-state index in [1.165, 1.54) is 18.2 Å². The lowest BCUT2D eigenvalue weighted by atomic mass is 9.99. The maximum Gasteiger partial charge on any atom is 0.325 e. The molecule has 0 fully saturated rings. The van der Waals surface area contributed by atoms with Crippen LogP contribution < -0.4 is 15.6 Å². The fourth-order valence-electron chi connectivity index (χ4n) is 2.75. The fraction of sp³-hybridized carbons (Fsp3) is 0.286. The molecule has 2 N–H and O–H groups in total. The molecule has 1 aliphatic heterocycles. The van der Waals surface area contributed by atoms with Crippen molar-refractivity contribution in [2.75, 3.05) is 4.31 Å². The Kier molecular flexibility index (Phi) is 3.59. The van der Waals surface area contributed by atoms with Gasteiger partial charge in [-0.05, 0) is 43.5 Å². The minimum Gasteiger partial charge on any atom is -0.313 e. The zero-order chi connectivity index (χ0) is 16.8. The van der Waals surface area contributed by atoms with Crippen LogP contribution in [0.25, 0.3) is 0 Å². The molecular formula is C14H14FN3O4S. The molecule has 0 radical (unpaired) electrons. The van der Waals surface area contributed by atoms with Crippen LogP contribution in [0.5, 0.6) is 0 Å². The van der Waals surface area contributed by atoms with Crippen LogP contribution in [0.15, 0.2) is 38.9 Å². The standard InChI is InChI=1S/C14H14FN3O4S/c1-8-2-3-9-6-10(15)4-5-11(9)18(8)23(21,22)12-7-16-14(20)17-13(12)19/h4-8H,2-3H2,1H3,(H2,16,17,19,20)/t8-/m0/s1. The quantitative estimate of drug-likeness (QED) is 0.842. The first-order chi connectivity index (χ1) is 10.8. The minimum absolute atomic E-state index is 0.343. The van der Waals surface area contributed by atoms with E-state index < -0.39 is 38.0 Å². The predicted octanol–water partition coefficient (Wildman–Crippen LogP) is 0.732. The topological polar surface area (TPSA) is 103 Å². The van der Waals surface area contributed by atoms with Crippen molar-refractivity contribution in [2.45, 2.75) is 30.7 Å². The van der Waals surface area contributed by atoms with Gasteiger partial charge < -0.3 is 4.98 Å². The molecule has 1 atom stereocenters. The first kappa shape index (κ1) is 15.5. The van der Waals surface area contributed by atoms with E-state index in [1.54, 1.807) is 6.92 Å². The number of anilines is 1. The van der Waals surface area contributed by atoms with E-state index in [-0.39, 0.29) is 0 Å². The lowest BCUT2D eigenvalue weighted by molar-refractivity contribution is 0.558. The molecule has 1 aliphatic rings. The summed E-state index contributed by atoms with van der Waals surface area (Å²) >= 11 is 0. The van der Waals surface area contributed by atoms with Gasteiger partial charge in [-0.25, -0.2) is 17.6 Å². The van der Waals surface area contributed by atoms with Crippen LogP contribution in [-0.4, -0.2) is 24.4 Å². The third-order valence-corrected chi connectivity index (χ3v) is 5.77. The number of aryl methyl sites for hydroxylation is 1. The van der Waals surface area contributed by atoms with Crippen LogP contribution in [0.1, 0.15) is 18.9 Å². The van der Waals surface area contributed by atoms with E-state index in [9.17, 15) is 22.4 Å². The van der Waals surface area contributed by atoms with Crippen LogP contribution in [0, 0.1) is 5.82 Å². The summed E-state index contributed by atoms with van der Waals surface area (Å²) in [5.74, 6) is -0.447. The second kappa shape index (κ2) is 5.34. The van der Waals surface area contributed by atoms with Crippen LogP contribution >= 0.6 is 0 Å². The van der Waals surface area contributed by atoms with E-state index in [0.717, 1.165) is 10.5 Å². The average molecular weight is 339 g/mol. The molecule has 0 aliphatic carbocycles. The van der Waals surface area contributed by atoms with Gasteiger partial charge in [0.25, 0.3) is 15.6 Å². The SMILES string of the molecule is C[C@H]1CCc2cc(F)ccc2N1S(=O)(=O)c1c[nH]c(=O)[nH]c1=O. The molecule has 23 heavy (non-hydrogen) atoms. The Labute approximate surface area is 130 Å². The molecule has 7 nitrogen and oxygen atoms in total. The average Bonchev–Trinajstić information content (AvgIpc) is 2.46. The first-order valence-electron chi connectivity index (χ1n) is 6.95. The van der Waals surface area contributed by atoms with Crippen LogP contribution in [0.3, 0.4) is 0 Å².